The predicted molar refractivity (Wildman–Crippen MR) is 118 cm³/mol. The molecule has 4 aromatic rings. The third kappa shape index (κ3) is 3.55. The zero-order valence-corrected chi connectivity index (χ0v) is 16.7. The number of nitrogen functional groups attached to an aromatic ring is 1. The quantitative estimate of drug-likeness (QED) is 0.469. The molecule has 0 radical (unpaired) electrons. The minimum absolute atomic E-state index is 0.201. The Bertz CT molecular complexity index is 1270. The molecule has 2 aromatic carbocycles. The fourth-order valence-electron chi connectivity index (χ4n) is 4.13. The highest BCUT2D eigenvalue weighted by atomic mass is 19.1. The van der Waals surface area contributed by atoms with E-state index in [1.165, 1.54) is 0 Å². The first-order chi connectivity index (χ1) is 15.1. The number of aromatic nitrogens is 3. The summed E-state index contributed by atoms with van der Waals surface area (Å²) in [5.74, 6) is 1.63. The van der Waals surface area contributed by atoms with Crippen LogP contribution in [-0.2, 0) is 0 Å². The summed E-state index contributed by atoms with van der Waals surface area (Å²) in [4.78, 5) is 12.6. The molecule has 0 amide bonds. The van der Waals surface area contributed by atoms with Crippen molar-refractivity contribution in [2.75, 3.05) is 18.8 Å². The Morgan fingerprint density at radius 3 is 2.58 bits per heavy atom. The van der Waals surface area contributed by atoms with Crippen LogP contribution in [0.3, 0.4) is 0 Å². The average molecular weight is 419 g/mol. The lowest BCUT2D eigenvalue weighted by Crippen LogP contribution is -2.39. The molecule has 1 saturated heterocycles. The maximum Gasteiger partial charge on any atom is 0.288 e. The molecule has 31 heavy (non-hydrogen) atoms. The Balaban J connectivity index is 1.58. The number of fused-ring (bicyclic) bond motifs is 1. The van der Waals surface area contributed by atoms with Gasteiger partial charge in [0.2, 0.25) is 0 Å². The van der Waals surface area contributed by atoms with Gasteiger partial charge in [-0.3, -0.25) is 4.79 Å². The summed E-state index contributed by atoms with van der Waals surface area (Å²) in [5, 5.41) is 10.1. The van der Waals surface area contributed by atoms with Crippen molar-refractivity contribution in [3.8, 4) is 22.6 Å². The van der Waals surface area contributed by atoms with Gasteiger partial charge in [-0.1, -0.05) is 30.3 Å². The number of nitrogens with zero attached hydrogens (tertiary/aromatic N) is 2. The number of rotatable bonds is 4. The first-order valence-electron chi connectivity index (χ1n) is 10.2. The zero-order chi connectivity index (χ0) is 21.4. The van der Waals surface area contributed by atoms with Crippen molar-refractivity contribution in [3.05, 3.63) is 71.1 Å². The molecule has 2 atom stereocenters. The Morgan fingerprint density at radius 2 is 1.84 bits per heavy atom. The third-order valence-corrected chi connectivity index (χ3v) is 5.65. The molecule has 7 nitrogen and oxygen atoms in total. The Hall–Kier alpha value is -3.65. The number of ether oxygens (including phenoxy) is 1. The molecule has 0 bridgehead atoms. The normalized spacial score (nSPS) is 18.9. The van der Waals surface area contributed by atoms with Gasteiger partial charge in [-0.2, -0.15) is 5.10 Å². The molecule has 0 aliphatic carbocycles. The zero-order valence-electron chi connectivity index (χ0n) is 16.7. The van der Waals surface area contributed by atoms with Crippen molar-refractivity contribution in [1.29, 1.82) is 0 Å². The molecule has 1 aliphatic heterocycles. The molecular weight excluding hydrogens is 397 g/mol. The number of alkyl halides is 1. The van der Waals surface area contributed by atoms with E-state index in [1.807, 2.05) is 54.6 Å². The summed E-state index contributed by atoms with van der Waals surface area (Å²) in [6.07, 6.45) is 1.14. The van der Waals surface area contributed by atoms with Gasteiger partial charge >= 0.3 is 0 Å². The van der Waals surface area contributed by atoms with E-state index >= 15 is 0 Å². The van der Waals surface area contributed by atoms with Crippen LogP contribution in [0.5, 0.6) is 11.5 Å². The highest BCUT2D eigenvalue weighted by Crippen LogP contribution is 2.36. The van der Waals surface area contributed by atoms with Crippen molar-refractivity contribution in [3.63, 3.8) is 0 Å². The van der Waals surface area contributed by atoms with Gasteiger partial charge in [0.1, 0.15) is 23.2 Å². The van der Waals surface area contributed by atoms with Crippen LogP contribution in [0.1, 0.15) is 12.5 Å². The Morgan fingerprint density at radius 1 is 1.10 bits per heavy atom. The Kier molecular flexibility index (Phi) is 4.91. The summed E-state index contributed by atoms with van der Waals surface area (Å²) >= 11 is 0. The van der Waals surface area contributed by atoms with Gasteiger partial charge in [-0.15, -0.1) is 0 Å². The van der Waals surface area contributed by atoms with Crippen LogP contribution in [0, 0.1) is 0 Å². The molecule has 0 spiro atoms. The van der Waals surface area contributed by atoms with E-state index in [9.17, 15) is 9.18 Å². The second kappa shape index (κ2) is 7.88. The fourth-order valence-corrected chi connectivity index (χ4v) is 4.13. The molecular formula is C23H22FN5O2. The number of H-pyrrole nitrogens is 1. The molecule has 2 aromatic heterocycles. The number of hydrogen-bond donors (Lipinski definition) is 3. The lowest BCUT2D eigenvalue weighted by atomic mass is 10.1. The second-order valence-electron chi connectivity index (χ2n) is 7.63. The number of anilines is 1. The van der Waals surface area contributed by atoms with Crippen LogP contribution >= 0.6 is 0 Å². The van der Waals surface area contributed by atoms with Crippen LogP contribution in [0.15, 0.2) is 65.6 Å². The van der Waals surface area contributed by atoms with Crippen LogP contribution in [0.25, 0.3) is 22.0 Å². The first kappa shape index (κ1) is 19.3. The number of para-hydroxylation sites is 1. The molecule has 3 heterocycles. The third-order valence-electron chi connectivity index (χ3n) is 5.65. The number of benzene rings is 2. The van der Waals surface area contributed by atoms with Crippen molar-refractivity contribution in [2.45, 2.75) is 18.6 Å². The maximum atomic E-state index is 14.7. The van der Waals surface area contributed by atoms with E-state index in [4.69, 9.17) is 10.5 Å². The van der Waals surface area contributed by atoms with Crippen molar-refractivity contribution in [2.24, 2.45) is 0 Å². The standard InChI is InChI=1S/C23H22FN5O2/c24-18-10-11-26-12-19(18)29-13-17(20-21(29)23(30)28-27-22(20)25)14-6-8-16(9-7-14)31-15-4-2-1-3-5-15/h1-9,13,18-19,26H,10-12H2,(H2,25,27)(H,28,30). The van der Waals surface area contributed by atoms with Crippen LogP contribution in [0.4, 0.5) is 10.2 Å². The van der Waals surface area contributed by atoms with Gasteiger partial charge in [0.15, 0.2) is 5.82 Å². The van der Waals surface area contributed by atoms with E-state index in [0.717, 1.165) is 16.9 Å². The molecule has 0 saturated carbocycles. The number of hydrogen-bond acceptors (Lipinski definition) is 5. The van der Waals surface area contributed by atoms with Crippen molar-refractivity contribution >= 4 is 16.7 Å². The smallest absolute Gasteiger partial charge is 0.288 e. The second-order valence-corrected chi connectivity index (χ2v) is 7.63. The minimum Gasteiger partial charge on any atom is -0.457 e. The first-order valence-corrected chi connectivity index (χ1v) is 10.2. The lowest BCUT2D eigenvalue weighted by Gasteiger charge is -2.28. The summed E-state index contributed by atoms with van der Waals surface area (Å²) in [6.45, 7) is 1.06. The van der Waals surface area contributed by atoms with Crippen LogP contribution in [-0.4, -0.2) is 34.0 Å². The highest BCUT2D eigenvalue weighted by molar-refractivity contribution is 6.02. The molecule has 5 rings (SSSR count). The molecule has 1 fully saturated rings. The lowest BCUT2D eigenvalue weighted by molar-refractivity contribution is 0.185. The number of nitrogens with one attached hydrogen (secondary N) is 2. The van der Waals surface area contributed by atoms with E-state index in [0.29, 0.717) is 36.2 Å². The van der Waals surface area contributed by atoms with Crippen molar-refractivity contribution in [1.82, 2.24) is 20.1 Å². The van der Waals surface area contributed by atoms with Crippen LogP contribution < -0.4 is 21.3 Å². The predicted octanol–water partition coefficient (Wildman–Crippen LogP) is 3.64. The number of nitrogens with two attached hydrogens (primary N) is 1. The monoisotopic (exact) mass is 419 g/mol. The van der Waals surface area contributed by atoms with E-state index < -0.39 is 17.8 Å². The van der Waals surface area contributed by atoms with Gasteiger partial charge in [0.25, 0.3) is 5.56 Å². The van der Waals surface area contributed by atoms with Gasteiger partial charge in [0, 0.05) is 18.3 Å². The largest absolute Gasteiger partial charge is 0.457 e. The number of piperidine rings is 1. The van der Waals surface area contributed by atoms with E-state index in [2.05, 4.69) is 15.5 Å². The van der Waals surface area contributed by atoms with E-state index in [-0.39, 0.29) is 5.82 Å². The molecule has 2 unspecified atom stereocenters. The Labute approximate surface area is 177 Å². The molecule has 1 aliphatic rings. The molecule has 158 valence electrons. The molecule has 4 N–H and O–H groups in total. The minimum atomic E-state index is -1.06. The summed E-state index contributed by atoms with van der Waals surface area (Å²) in [7, 11) is 0. The summed E-state index contributed by atoms with van der Waals surface area (Å²) < 4.78 is 22.3. The van der Waals surface area contributed by atoms with Crippen molar-refractivity contribution < 1.29 is 9.13 Å². The SMILES string of the molecule is Nc1n[nH]c(=O)c2c1c(-c1ccc(Oc3ccccc3)cc1)cn2C1CNCCC1F. The van der Waals surface area contributed by atoms with Gasteiger partial charge in [0.05, 0.1) is 11.4 Å². The number of halogens is 1. The average Bonchev–Trinajstić information content (AvgIpc) is 3.20. The number of aromatic amines is 1. The maximum absolute atomic E-state index is 14.7. The van der Waals surface area contributed by atoms with Gasteiger partial charge in [-0.05, 0) is 42.8 Å². The topological polar surface area (TPSA) is 98.0 Å². The highest BCUT2D eigenvalue weighted by Gasteiger charge is 2.29. The van der Waals surface area contributed by atoms with Crippen LogP contribution in [0.2, 0.25) is 0 Å². The molecule has 8 heteroatoms. The summed E-state index contributed by atoms with van der Waals surface area (Å²) in [5.41, 5.74) is 7.66. The van der Waals surface area contributed by atoms with E-state index in [1.54, 1.807) is 10.8 Å². The summed E-state index contributed by atoms with van der Waals surface area (Å²) in [6, 6.07) is 16.5. The fraction of sp³-hybridized carbons (Fsp3) is 0.217. The van der Waals surface area contributed by atoms with Gasteiger partial charge < -0.3 is 20.4 Å². The van der Waals surface area contributed by atoms with Gasteiger partial charge in [-0.25, -0.2) is 9.49 Å².